The van der Waals surface area contributed by atoms with Gasteiger partial charge in [0.1, 0.15) is 11.3 Å². The molecule has 0 spiro atoms. The number of fused-ring (bicyclic) bond motifs is 1. The second-order valence-corrected chi connectivity index (χ2v) is 5.32. The van der Waals surface area contributed by atoms with Gasteiger partial charge in [-0.15, -0.1) is 0 Å². The van der Waals surface area contributed by atoms with Gasteiger partial charge in [-0.1, -0.05) is 24.3 Å². The van der Waals surface area contributed by atoms with Gasteiger partial charge in [-0.2, -0.15) is 0 Å². The van der Waals surface area contributed by atoms with Gasteiger partial charge in [-0.25, -0.2) is 9.78 Å². The average Bonchev–Trinajstić information content (AvgIpc) is 2.84. The molecule has 0 bridgehead atoms. The number of hydrogen-bond donors (Lipinski definition) is 2. The number of aromatic carboxylic acids is 1. The zero-order chi connectivity index (χ0) is 14.3. The van der Waals surface area contributed by atoms with Crippen molar-refractivity contribution in [2.24, 2.45) is 0 Å². The Morgan fingerprint density at radius 1 is 1.25 bits per heavy atom. The number of benzene rings is 2. The normalized spacial score (nSPS) is 10.9. The molecular formula is C15H11BrN2O2. The van der Waals surface area contributed by atoms with Crippen molar-refractivity contribution in [3.63, 3.8) is 0 Å². The maximum atomic E-state index is 11.2. The summed E-state index contributed by atoms with van der Waals surface area (Å²) in [5.74, 6) is -0.318. The van der Waals surface area contributed by atoms with E-state index in [0.717, 1.165) is 15.6 Å². The van der Waals surface area contributed by atoms with Crippen molar-refractivity contribution >= 4 is 32.9 Å². The van der Waals surface area contributed by atoms with E-state index in [0.29, 0.717) is 16.9 Å². The van der Waals surface area contributed by atoms with Gasteiger partial charge in [0.25, 0.3) is 0 Å². The lowest BCUT2D eigenvalue weighted by Crippen LogP contribution is -1.96. The summed E-state index contributed by atoms with van der Waals surface area (Å²) >= 11 is 3.55. The molecule has 100 valence electrons. The van der Waals surface area contributed by atoms with Crippen molar-refractivity contribution in [1.29, 1.82) is 0 Å². The zero-order valence-corrected chi connectivity index (χ0v) is 12.2. The number of imidazole rings is 1. The van der Waals surface area contributed by atoms with Crippen molar-refractivity contribution in [3.05, 3.63) is 52.0 Å². The minimum atomic E-state index is -0.975. The Bertz CT molecular complexity index is 824. The van der Waals surface area contributed by atoms with Gasteiger partial charge < -0.3 is 10.1 Å². The quantitative estimate of drug-likeness (QED) is 0.746. The molecule has 1 heterocycles. The third-order valence-electron chi connectivity index (χ3n) is 3.19. The van der Waals surface area contributed by atoms with Crippen LogP contribution in [0.4, 0.5) is 0 Å². The predicted molar refractivity (Wildman–Crippen MR) is 80.9 cm³/mol. The first-order chi connectivity index (χ1) is 9.58. The lowest BCUT2D eigenvalue weighted by atomic mass is 10.1. The molecular weight excluding hydrogens is 320 g/mol. The minimum absolute atomic E-state index is 0.203. The summed E-state index contributed by atoms with van der Waals surface area (Å²) in [5, 5.41) is 9.20. The van der Waals surface area contributed by atoms with Gasteiger partial charge in [0.2, 0.25) is 0 Å². The third-order valence-corrected chi connectivity index (χ3v) is 4.24. The molecule has 2 N–H and O–H groups in total. The summed E-state index contributed by atoms with van der Waals surface area (Å²) in [4.78, 5) is 18.8. The van der Waals surface area contributed by atoms with Crippen LogP contribution in [0, 0.1) is 6.92 Å². The van der Waals surface area contributed by atoms with Crippen LogP contribution >= 0.6 is 15.9 Å². The molecule has 0 aliphatic rings. The molecule has 20 heavy (non-hydrogen) atoms. The Kier molecular flexibility index (Phi) is 3.06. The Balaban J connectivity index is 2.26. The third kappa shape index (κ3) is 2.00. The van der Waals surface area contributed by atoms with Crippen LogP contribution in [-0.4, -0.2) is 21.0 Å². The number of halogens is 1. The number of carboxylic acids is 1. The SMILES string of the molecule is Cc1cccc(-c2nc3c(C(=O)O)cccc3[nH]2)c1Br. The highest BCUT2D eigenvalue weighted by molar-refractivity contribution is 9.10. The van der Waals surface area contributed by atoms with Crippen LogP contribution in [0.1, 0.15) is 15.9 Å². The summed E-state index contributed by atoms with van der Waals surface area (Å²) in [7, 11) is 0. The van der Waals surface area contributed by atoms with Crippen molar-refractivity contribution in [3.8, 4) is 11.4 Å². The maximum Gasteiger partial charge on any atom is 0.337 e. The number of nitrogens with one attached hydrogen (secondary N) is 1. The fraction of sp³-hybridized carbons (Fsp3) is 0.0667. The summed E-state index contributed by atoms with van der Waals surface area (Å²) in [6, 6.07) is 11.0. The molecule has 3 aromatic rings. The van der Waals surface area contributed by atoms with Crippen LogP contribution in [0.15, 0.2) is 40.9 Å². The number of hydrogen-bond acceptors (Lipinski definition) is 2. The molecule has 0 saturated heterocycles. The highest BCUT2D eigenvalue weighted by atomic mass is 79.9. The van der Waals surface area contributed by atoms with E-state index in [4.69, 9.17) is 0 Å². The lowest BCUT2D eigenvalue weighted by molar-refractivity contribution is 0.0699. The van der Waals surface area contributed by atoms with E-state index in [-0.39, 0.29) is 5.56 Å². The standard InChI is InChI=1S/C15H11BrN2O2/c1-8-4-2-5-9(12(8)16)14-17-11-7-3-6-10(15(19)20)13(11)18-14/h2-7H,1H3,(H,17,18)(H,19,20). The second kappa shape index (κ2) is 4.76. The van der Waals surface area contributed by atoms with Gasteiger partial charge >= 0.3 is 5.97 Å². The maximum absolute atomic E-state index is 11.2. The van der Waals surface area contributed by atoms with Crippen LogP contribution in [0.2, 0.25) is 0 Å². The summed E-state index contributed by atoms with van der Waals surface area (Å²) in [6.07, 6.45) is 0. The van der Waals surface area contributed by atoms with Crippen LogP contribution in [0.5, 0.6) is 0 Å². The smallest absolute Gasteiger partial charge is 0.337 e. The molecule has 0 aliphatic carbocycles. The van der Waals surface area contributed by atoms with Crippen molar-refractivity contribution in [1.82, 2.24) is 9.97 Å². The first-order valence-corrected chi connectivity index (χ1v) is 6.84. The molecule has 3 rings (SSSR count). The predicted octanol–water partition coefficient (Wildman–Crippen LogP) is 4.00. The summed E-state index contributed by atoms with van der Waals surface area (Å²) < 4.78 is 0.955. The van der Waals surface area contributed by atoms with Crippen LogP contribution in [0.25, 0.3) is 22.4 Å². The monoisotopic (exact) mass is 330 g/mol. The first kappa shape index (κ1) is 12.9. The van der Waals surface area contributed by atoms with E-state index < -0.39 is 5.97 Å². The van der Waals surface area contributed by atoms with E-state index in [1.54, 1.807) is 12.1 Å². The topological polar surface area (TPSA) is 66.0 Å². The number of carbonyl (C=O) groups is 1. The molecule has 1 aromatic heterocycles. The number of nitrogens with zero attached hydrogens (tertiary/aromatic N) is 1. The van der Waals surface area contributed by atoms with Crippen molar-refractivity contribution < 1.29 is 9.90 Å². The second-order valence-electron chi connectivity index (χ2n) is 4.53. The van der Waals surface area contributed by atoms with Gasteiger partial charge in [0, 0.05) is 10.0 Å². The summed E-state index contributed by atoms with van der Waals surface area (Å²) in [6.45, 7) is 2.00. The van der Waals surface area contributed by atoms with E-state index in [1.165, 1.54) is 0 Å². The van der Waals surface area contributed by atoms with Gasteiger partial charge in [-0.3, -0.25) is 0 Å². The Morgan fingerprint density at radius 3 is 2.75 bits per heavy atom. The fourth-order valence-electron chi connectivity index (χ4n) is 2.16. The van der Waals surface area contributed by atoms with Gasteiger partial charge in [-0.05, 0) is 40.5 Å². The number of aromatic amines is 1. The minimum Gasteiger partial charge on any atom is -0.478 e. The molecule has 0 aliphatic heterocycles. The van der Waals surface area contributed by atoms with Crippen molar-refractivity contribution in [2.75, 3.05) is 0 Å². The average molecular weight is 331 g/mol. The van der Waals surface area contributed by atoms with E-state index in [2.05, 4.69) is 25.9 Å². The number of carboxylic acid groups (broad SMARTS) is 1. The van der Waals surface area contributed by atoms with Gasteiger partial charge in [0.15, 0.2) is 0 Å². The fourth-order valence-corrected chi connectivity index (χ4v) is 2.61. The molecule has 0 amide bonds. The van der Waals surface area contributed by atoms with E-state index in [1.807, 2.05) is 31.2 Å². The highest BCUT2D eigenvalue weighted by Gasteiger charge is 2.14. The molecule has 2 aromatic carbocycles. The number of rotatable bonds is 2. The largest absolute Gasteiger partial charge is 0.478 e. The molecule has 0 fully saturated rings. The highest BCUT2D eigenvalue weighted by Crippen LogP contribution is 2.30. The molecule has 5 heteroatoms. The molecule has 4 nitrogen and oxygen atoms in total. The molecule has 0 unspecified atom stereocenters. The van der Waals surface area contributed by atoms with Gasteiger partial charge in [0.05, 0.1) is 11.1 Å². The van der Waals surface area contributed by atoms with Crippen LogP contribution in [-0.2, 0) is 0 Å². The van der Waals surface area contributed by atoms with E-state index in [9.17, 15) is 9.90 Å². The number of aromatic nitrogens is 2. The first-order valence-electron chi connectivity index (χ1n) is 6.05. The van der Waals surface area contributed by atoms with Crippen LogP contribution < -0.4 is 0 Å². The molecule has 0 radical (unpaired) electrons. The Morgan fingerprint density at radius 2 is 2.00 bits per heavy atom. The Labute approximate surface area is 123 Å². The number of aryl methyl sites for hydroxylation is 1. The van der Waals surface area contributed by atoms with Crippen molar-refractivity contribution in [2.45, 2.75) is 6.92 Å². The summed E-state index contributed by atoms with van der Waals surface area (Å²) in [5.41, 5.74) is 3.41. The number of H-pyrrole nitrogens is 1. The number of para-hydroxylation sites is 1. The molecule has 0 atom stereocenters. The zero-order valence-electron chi connectivity index (χ0n) is 10.6. The van der Waals surface area contributed by atoms with Crippen LogP contribution in [0.3, 0.4) is 0 Å². The Hall–Kier alpha value is -2.14. The molecule has 0 saturated carbocycles. The lowest BCUT2D eigenvalue weighted by Gasteiger charge is -2.03. The van der Waals surface area contributed by atoms with E-state index >= 15 is 0 Å².